The number of carbonyl (C=O) groups is 2. The summed E-state index contributed by atoms with van der Waals surface area (Å²) in [6.07, 6.45) is 71.1. The van der Waals surface area contributed by atoms with E-state index in [9.17, 15) is 19.8 Å². The number of unbranched alkanes of at least 4 members (excludes halogenated alkanes) is 50. The first-order valence-corrected chi connectivity index (χ1v) is 32.3. The van der Waals surface area contributed by atoms with Gasteiger partial charge in [0.25, 0.3) is 0 Å². The van der Waals surface area contributed by atoms with Crippen LogP contribution in [0.4, 0.5) is 0 Å². The fourth-order valence-corrected chi connectivity index (χ4v) is 10.5. The molecule has 418 valence electrons. The molecule has 0 aromatic heterocycles. The number of hydrogen-bond donors (Lipinski definition) is 3. The number of nitrogens with one attached hydrogen (secondary N) is 1. The Kier molecular flexibility index (Phi) is 59.4. The number of esters is 1. The number of aliphatic hydroxyl groups is 2. The van der Waals surface area contributed by atoms with Crippen LogP contribution in [0.15, 0.2) is 0 Å². The third-order valence-corrected chi connectivity index (χ3v) is 15.4. The average molecular weight is 991 g/mol. The van der Waals surface area contributed by atoms with Crippen molar-refractivity contribution in [2.45, 2.75) is 386 Å². The molecule has 0 saturated carbocycles. The molecule has 0 aromatic carbocycles. The molecule has 0 saturated heterocycles. The highest BCUT2D eigenvalue weighted by molar-refractivity contribution is 5.76. The van der Waals surface area contributed by atoms with Crippen molar-refractivity contribution in [2.75, 3.05) is 13.2 Å². The molecule has 1 amide bonds. The van der Waals surface area contributed by atoms with Crippen molar-refractivity contribution in [3.63, 3.8) is 0 Å². The van der Waals surface area contributed by atoms with Gasteiger partial charge in [0.15, 0.2) is 0 Å². The lowest BCUT2D eigenvalue weighted by Gasteiger charge is -2.22. The smallest absolute Gasteiger partial charge is 0.305 e. The molecule has 0 fully saturated rings. The van der Waals surface area contributed by atoms with E-state index in [0.29, 0.717) is 25.9 Å². The normalized spacial score (nSPS) is 12.5. The Morgan fingerprint density at radius 3 is 0.871 bits per heavy atom. The van der Waals surface area contributed by atoms with Crippen LogP contribution in [0.25, 0.3) is 0 Å². The zero-order valence-corrected chi connectivity index (χ0v) is 47.8. The van der Waals surface area contributed by atoms with Crippen molar-refractivity contribution < 1.29 is 24.5 Å². The molecule has 0 bridgehead atoms. The van der Waals surface area contributed by atoms with Crippen molar-refractivity contribution >= 4 is 11.9 Å². The summed E-state index contributed by atoms with van der Waals surface area (Å²) in [6, 6.07) is -0.543. The van der Waals surface area contributed by atoms with Gasteiger partial charge in [0.05, 0.1) is 25.4 Å². The summed E-state index contributed by atoms with van der Waals surface area (Å²) in [5.74, 6) is -0.0204. The highest BCUT2D eigenvalue weighted by Crippen LogP contribution is 2.19. The van der Waals surface area contributed by atoms with E-state index in [0.717, 1.165) is 38.5 Å². The van der Waals surface area contributed by atoms with Gasteiger partial charge in [-0.3, -0.25) is 9.59 Å². The van der Waals surface area contributed by atoms with Crippen molar-refractivity contribution in [2.24, 2.45) is 0 Å². The quantitative estimate of drug-likeness (QED) is 0.0417. The summed E-state index contributed by atoms with van der Waals surface area (Å²) < 4.78 is 5.49. The monoisotopic (exact) mass is 990 g/mol. The molecule has 0 aliphatic heterocycles. The zero-order valence-electron chi connectivity index (χ0n) is 47.8. The van der Waals surface area contributed by atoms with E-state index in [1.807, 2.05) is 0 Å². The molecule has 0 spiro atoms. The van der Waals surface area contributed by atoms with Gasteiger partial charge >= 0.3 is 5.97 Å². The van der Waals surface area contributed by atoms with Gasteiger partial charge in [0, 0.05) is 12.8 Å². The molecule has 0 aliphatic rings. The predicted octanol–water partition coefficient (Wildman–Crippen LogP) is 20.3. The van der Waals surface area contributed by atoms with E-state index in [4.69, 9.17) is 4.74 Å². The van der Waals surface area contributed by atoms with Crippen molar-refractivity contribution in [1.82, 2.24) is 5.32 Å². The number of amides is 1. The maximum absolute atomic E-state index is 12.5. The number of rotatable bonds is 61. The third-order valence-electron chi connectivity index (χ3n) is 15.4. The lowest BCUT2D eigenvalue weighted by atomic mass is 10.0. The maximum atomic E-state index is 12.5. The second-order valence-corrected chi connectivity index (χ2v) is 22.5. The van der Waals surface area contributed by atoms with Gasteiger partial charge in [-0.25, -0.2) is 0 Å². The van der Waals surface area contributed by atoms with E-state index in [2.05, 4.69) is 19.2 Å². The van der Waals surface area contributed by atoms with Crippen LogP contribution in [0, 0.1) is 0 Å². The third kappa shape index (κ3) is 56.2. The van der Waals surface area contributed by atoms with Crippen molar-refractivity contribution in [3.8, 4) is 0 Å². The summed E-state index contributed by atoms with van der Waals surface area (Å²) >= 11 is 0. The van der Waals surface area contributed by atoms with Crippen LogP contribution in [-0.4, -0.2) is 47.4 Å². The van der Waals surface area contributed by atoms with E-state index >= 15 is 0 Å². The summed E-state index contributed by atoms with van der Waals surface area (Å²) in [6.45, 7) is 4.99. The van der Waals surface area contributed by atoms with E-state index in [-0.39, 0.29) is 18.5 Å². The first kappa shape index (κ1) is 68.9. The van der Waals surface area contributed by atoms with Crippen LogP contribution < -0.4 is 5.32 Å². The minimum absolute atomic E-state index is 0.0127. The molecule has 0 rings (SSSR count). The predicted molar refractivity (Wildman–Crippen MR) is 306 cm³/mol. The molecule has 3 N–H and O–H groups in total. The second kappa shape index (κ2) is 60.4. The molecule has 70 heavy (non-hydrogen) atoms. The SMILES string of the molecule is CCCCCCCCCCCCCCCCCCCCCCC(O)C(CO)NC(=O)CCCCCCCCCCCCCCCCCCCCCOC(=O)CCCCCCCCCCCCCCCC. The minimum Gasteiger partial charge on any atom is -0.466 e. The van der Waals surface area contributed by atoms with Crippen molar-refractivity contribution in [1.29, 1.82) is 0 Å². The molecule has 0 aromatic rings. The lowest BCUT2D eigenvalue weighted by molar-refractivity contribution is -0.143. The van der Waals surface area contributed by atoms with Crippen LogP contribution >= 0.6 is 0 Å². The second-order valence-electron chi connectivity index (χ2n) is 22.5. The largest absolute Gasteiger partial charge is 0.466 e. The molecule has 2 atom stereocenters. The maximum Gasteiger partial charge on any atom is 0.305 e. The van der Waals surface area contributed by atoms with Gasteiger partial charge in [-0.2, -0.15) is 0 Å². The Balaban J connectivity index is 3.38. The topological polar surface area (TPSA) is 95.9 Å². The van der Waals surface area contributed by atoms with Gasteiger partial charge in [-0.15, -0.1) is 0 Å². The van der Waals surface area contributed by atoms with Gasteiger partial charge in [0.1, 0.15) is 0 Å². The fraction of sp³-hybridized carbons (Fsp3) is 0.969. The molecule has 6 heteroatoms. The van der Waals surface area contributed by atoms with Gasteiger partial charge in [-0.1, -0.05) is 335 Å². The molecular formula is C64H127NO5. The number of carbonyl (C=O) groups excluding carboxylic acids is 2. The summed E-state index contributed by atoms with van der Waals surface area (Å²) in [7, 11) is 0. The Morgan fingerprint density at radius 1 is 0.343 bits per heavy atom. The van der Waals surface area contributed by atoms with Crippen LogP contribution in [0.3, 0.4) is 0 Å². The molecule has 2 unspecified atom stereocenters. The van der Waals surface area contributed by atoms with Crippen LogP contribution in [-0.2, 0) is 14.3 Å². The summed E-state index contributed by atoms with van der Waals surface area (Å²) in [4.78, 5) is 24.6. The lowest BCUT2D eigenvalue weighted by Crippen LogP contribution is -2.45. The molecule has 0 aliphatic carbocycles. The Morgan fingerprint density at radius 2 is 0.586 bits per heavy atom. The summed E-state index contributed by atoms with van der Waals surface area (Å²) in [5, 5.41) is 23.4. The number of hydrogen-bond acceptors (Lipinski definition) is 5. The average Bonchev–Trinajstić information content (AvgIpc) is 3.36. The van der Waals surface area contributed by atoms with Gasteiger partial charge in [0.2, 0.25) is 5.91 Å². The van der Waals surface area contributed by atoms with E-state index in [1.54, 1.807) is 0 Å². The molecule has 0 heterocycles. The summed E-state index contributed by atoms with van der Waals surface area (Å²) in [5.41, 5.74) is 0. The highest BCUT2D eigenvalue weighted by atomic mass is 16.5. The number of ether oxygens (including phenoxy) is 1. The minimum atomic E-state index is -0.666. The standard InChI is InChI=1S/C64H127NO5/c1-3-5-7-9-11-13-15-17-19-20-21-23-26-29-32-36-40-44-48-52-56-62(67)61(60-66)65-63(68)57-53-49-45-41-37-33-30-27-24-22-25-28-31-35-39-43-47-51-55-59-70-64(69)58-54-50-46-42-38-34-18-16-14-12-10-8-6-4-2/h61-62,66-67H,3-60H2,1-2H3,(H,65,68). The van der Waals surface area contributed by atoms with E-state index < -0.39 is 12.1 Å². The van der Waals surface area contributed by atoms with Gasteiger partial charge in [-0.05, 0) is 25.7 Å². The molecule has 0 radical (unpaired) electrons. The Bertz CT molecular complexity index is 1010. The molecular weight excluding hydrogens is 863 g/mol. The van der Waals surface area contributed by atoms with Crippen LogP contribution in [0.5, 0.6) is 0 Å². The fourth-order valence-electron chi connectivity index (χ4n) is 10.5. The number of aliphatic hydroxyl groups excluding tert-OH is 2. The van der Waals surface area contributed by atoms with Crippen LogP contribution in [0.1, 0.15) is 373 Å². The zero-order chi connectivity index (χ0) is 50.7. The Hall–Kier alpha value is -1.14. The first-order valence-electron chi connectivity index (χ1n) is 32.3. The van der Waals surface area contributed by atoms with Crippen molar-refractivity contribution in [3.05, 3.63) is 0 Å². The van der Waals surface area contributed by atoms with E-state index in [1.165, 1.54) is 302 Å². The molecule has 6 nitrogen and oxygen atoms in total. The highest BCUT2D eigenvalue weighted by Gasteiger charge is 2.20. The first-order chi connectivity index (χ1) is 34.5. The van der Waals surface area contributed by atoms with Gasteiger partial charge < -0.3 is 20.3 Å². The Labute approximate surface area is 438 Å². The van der Waals surface area contributed by atoms with Crippen LogP contribution in [0.2, 0.25) is 0 Å².